The van der Waals surface area contributed by atoms with Crippen LogP contribution in [0.4, 0.5) is 16.6 Å². The lowest BCUT2D eigenvalue weighted by Crippen LogP contribution is -2.33. The monoisotopic (exact) mass is 343 g/mol. The molecule has 0 atom stereocenters. The molecule has 25 heavy (non-hydrogen) atoms. The van der Waals surface area contributed by atoms with Gasteiger partial charge in [-0.05, 0) is 43.7 Å². The molecule has 1 fully saturated rings. The molecule has 3 rings (SSSR count). The second kappa shape index (κ2) is 7.55. The van der Waals surface area contributed by atoms with E-state index in [1.165, 1.54) is 0 Å². The smallest absolute Gasteiger partial charge is 0.404 e. The maximum absolute atomic E-state index is 10.6. The fourth-order valence-electron chi connectivity index (χ4n) is 3.39. The van der Waals surface area contributed by atoms with E-state index in [9.17, 15) is 4.79 Å². The van der Waals surface area contributed by atoms with Crippen molar-refractivity contribution in [3.63, 3.8) is 0 Å². The van der Waals surface area contributed by atoms with E-state index in [0.717, 1.165) is 42.4 Å². The Kier molecular flexibility index (Phi) is 5.21. The Hall–Kier alpha value is -2.57. The third kappa shape index (κ3) is 4.29. The summed E-state index contributed by atoms with van der Waals surface area (Å²) in [6.07, 6.45) is 3.07. The number of anilines is 2. The van der Waals surface area contributed by atoms with Crippen molar-refractivity contribution < 1.29 is 9.90 Å². The van der Waals surface area contributed by atoms with Gasteiger partial charge in [0.05, 0.1) is 5.52 Å². The highest BCUT2D eigenvalue weighted by Crippen LogP contribution is 2.28. The molecule has 1 heterocycles. The Morgan fingerprint density at radius 1 is 1.20 bits per heavy atom. The van der Waals surface area contributed by atoms with Crippen molar-refractivity contribution in [2.45, 2.75) is 31.7 Å². The summed E-state index contributed by atoms with van der Waals surface area (Å²) in [5.74, 6) is 1.99. The molecule has 1 aliphatic carbocycles. The molecule has 0 aliphatic heterocycles. The van der Waals surface area contributed by atoms with Gasteiger partial charge in [0.15, 0.2) is 0 Å². The van der Waals surface area contributed by atoms with Crippen LogP contribution in [0.2, 0.25) is 0 Å². The fraction of sp³-hybridized carbons (Fsp3) is 0.500. The molecule has 0 bridgehead atoms. The average molecular weight is 343 g/mol. The highest BCUT2D eigenvalue weighted by Gasteiger charge is 2.22. The molecule has 0 spiro atoms. The van der Waals surface area contributed by atoms with Gasteiger partial charge in [-0.15, -0.1) is 0 Å². The number of carboxylic acid groups (broad SMARTS) is 1. The summed E-state index contributed by atoms with van der Waals surface area (Å²) in [7, 11) is 3.97. The number of amides is 1. The van der Waals surface area contributed by atoms with Gasteiger partial charge in [-0.3, -0.25) is 0 Å². The molecule has 0 saturated heterocycles. The summed E-state index contributed by atoms with van der Waals surface area (Å²) in [5, 5.41) is 15.7. The van der Waals surface area contributed by atoms with E-state index in [1.54, 1.807) is 0 Å². The van der Waals surface area contributed by atoms with Crippen molar-refractivity contribution in [3.8, 4) is 0 Å². The summed E-state index contributed by atoms with van der Waals surface area (Å²) >= 11 is 0. The average Bonchev–Trinajstić information content (AvgIpc) is 2.60. The van der Waals surface area contributed by atoms with Crippen molar-refractivity contribution in [3.05, 3.63) is 24.3 Å². The number of carbonyl (C=O) groups is 1. The lowest BCUT2D eigenvalue weighted by molar-refractivity contribution is 0.190. The first-order chi connectivity index (χ1) is 12.0. The van der Waals surface area contributed by atoms with Crippen LogP contribution in [0.15, 0.2) is 24.3 Å². The first-order valence-electron chi connectivity index (χ1n) is 8.70. The number of benzene rings is 1. The normalized spacial score (nSPS) is 20.2. The number of hydrogen-bond donors (Lipinski definition) is 3. The summed E-state index contributed by atoms with van der Waals surface area (Å²) in [6, 6.07) is 8.35. The molecule has 1 amide bonds. The lowest BCUT2D eigenvalue weighted by atomic mass is 9.86. The summed E-state index contributed by atoms with van der Waals surface area (Å²) in [4.78, 5) is 21.9. The van der Waals surface area contributed by atoms with E-state index in [-0.39, 0.29) is 0 Å². The Bertz CT molecular complexity index is 741. The predicted octanol–water partition coefficient (Wildman–Crippen LogP) is 2.93. The maximum atomic E-state index is 10.6. The van der Waals surface area contributed by atoms with Crippen LogP contribution in [0.1, 0.15) is 25.7 Å². The van der Waals surface area contributed by atoms with Crippen molar-refractivity contribution in [1.29, 1.82) is 0 Å². The van der Waals surface area contributed by atoms with Gasteiger partial charge in [0.2, 0.25) is 5.95 Å². The number of rotatable bonds is 5. The molecule has 1 aliphatic rings. The van der Waals surface area contributed by atoms with Crippen LogP contribution in [-0.2, 0) is 0 Å². The Morgan fingerprint density at radius 3 is 2.60 bits per heavy atom. The van der Waals surface area contributed by atoms with Crippen molar-refractivity contribution >= 4 is 28.8 Å². The topological polar surface area (TPSA) is 90.4 Å². The number of fused-ring (bicyclic) bond motifs is 1. The zero-order valence-electron chi connectivity index (χ0n) is 14.7. The van der Waals surface area contributed by atoms with E-state index >= 15 is 0 Å². The molecule has 1 aromatic heterocycles. The second-order valence-corrected chi connectivity index (χ2v) is 6.83. The highest BCUT2D eigenvalue weighted by atomic mass is 16.4. The molecule has 7 heteroatoms. The summed E-state index contributed by atoms with van der Waals surface area (Å²) in [5.41, 5.74) is 0.933. The molecular weight excluding hydrogens is 318 g/mol. The number of para-hydroxylation sites is 1. The molecule has 3 N–H and O–H groups in total. The molecule has 0 unspecified atom stereocenters. The zero-order chi connectivity index (χ0) is 17.8. The SMILES string of the molecule is CN(C)c1nc(NC2CCC(CNC(=O)O)CC2)nc2ccccc12. The first kappa shape index (κ1) is 17.3. The van der Waals surface area contributed by atoms with Crippen LogP contribution >= 0.6 is 0 Å². The third-order valence-electron chi connectivity index (χ3n) is 4.73. The van der Waals surface area contributed by atoms with Gasteiger partial charge in [-0.1, -0.05) is 12.1 Å². The number of aromatic nitrogens is 2. The summed E-state index contributed by atoms with van der Waals surface area (Å²) < 4.78 is 0. The minimum atomic E-state index is -0.943. The largest absolute Gasteiger partial charge is 0.465 e. The van der Waals surface area contributed by atoms with Crippen LogP contribution < -0.4 is 15.5 Å². The Labute approximate surface area is 147 Å². The number of hydrogen-bond acceptors (Lipinski definition) is 5. The van der Waals surface area contributed by atoms with Crippen LogP contribution in [0.5, 0.6) is 0 Å². The Balaban J connectivity index is 1.67. The molecule has 134 valence electrons. The fourth-order valence-corrected chi connectivity index (χ4v) is 3.39. The highest BCUT2D eigenvalue weighted by molar-refractivity contribution is 5.90. The van der Waals surface area contributed by atoms with Crippen LogP contribution in [-0.4, -0.2) is 47.8 Å². The number of nitrogens with one attached hydrogen (secondary N) is 2. The molecule has 7 nitrogen and oxygen atoms in total. The van der Waals surface area contributed by atoms with Crippen molar-refractivity contribution in [1.82, 2.24) is 15.3 Å². The first-order valence-corrected chi connectivity index (χ1v) is 8.70. The minimum absolute atomic E-state index is 0.331. The number of nitrogens with zero attached hydrogens (tertiary/aromatic N) is 3. The van der Waals surface area contributed by atoms with Crippen LogP contribution in [0.25, 0.3) is 10.9 Å². The van der Waals surface area contributed by atoms with Crippen molar-refractivity contribution in [2.24, 2.45) is 5.92 Å². The quantitative estimate of drug-likeness (QED) is 0.773. The van der Waals surface area contributed by atoms with Gasteiger partial charge in [-0.2, -0.15) is 4.98 Å². The third-order valence-corrected chi connectivity index (χ3v) is 4.73. The van der Waals surface area contributed by atoms with Gasteiger partial charge in [0, 0.05) is 32.1 Å². The van der Waals surface area contributed by atoms with Crippen molar-refractivity contribution in [2.75, 3.05) is 30.9 Å². The van der Waals surface area contributed by atoms with Gasteiger partial charge < -0.3 is 20.6 Å². The molecule has 2 aromatic rings. The second-order valence-electron chi connectivity index (χ2n) is 6.83. The standard InChI is InChI=1S/C18H25N5O2/c1-23(2)16-14-5-3-4-6-15(14)21-17(22-16)20-13-9-7-12(8-10-13)11-19-18(24)25/h3-6,12-13,19H,7-11H2,1-2H3,(H,24,25)(H,20,21,22). The molecular formula is C18H25N5O2. The zero-order valence-corrected chi connectivity index (χ0v) is 14.7. The molecule has 1 aromatic carbocycles. The molecule has 1 saturated carbocycles. The van der Waals surface area contributed by atoms with Gasteiger partial charge in [-0.25, -0.2) is 9.78 Å². The summed E-state index contributed by atoms with van der Waals surface area (Å²) in [6.45, 7) is 0.541. The van der Waals surface area contributed by atoms with Crippen LogP contribution in [0.3, 0.4) is 0 Å². The van der Waals surface area contributed by atoms with Gasteiger partial charge in [0.25, 0.3) is 0 Å². The minimum Gasteiger partial charge on any atom is -0.465 e. The van der Waals surface area contributed by atoms with E-state index in [4.69, 9.17) is 5.11 Å². The lowest BCUT2D eigenvalue weighted by Gasteiger charge is -2.29. The maximum Gasteiger partial charge on any atom is 0.404 e. The molecule has 0 radical (unpaired) electrons. The van der Waals surface area contributed by atoms with E-state index in [2.05, 4.69) is 20.6 Å². The van der Waals surface area contributed by atoms with E-state index in [1.807, 2.05) is 43.3 Å². The van der Waals surface area contributed by atoms with Gasteiger partial charge >= 0.3 is 6.09 Å². The predicted molar refractivity (Wildman–Crippen MR) is 99.3 cm³/mol. The van der Waals surface area contributed by atoms with E-state index in [0.29, 0.717) is 24.5 Å². The van der Waals surface area contributed by atoms with E-state index < -0.39 is 6.09 Å². The van der Waals surface area contributed by atoms with Crippen LogP contribution in [0, 0.1) is 5.92 Å². The Morgan fingerprint density at radius 2 is 1.92 bits per heavy atom. The van der Waals surface area contributed by atoms with Gasteiger partial charge in [0.1, 0.15) is 5.82 Å².